The van der Waals surface area contributed by atoms with E-state index in [1.54, 1.807) is 0 Å². The lowest BCUT2D eigenvalue weighted by Gasteiger charge is -2.13. The molecule has 0 aromatic heterocycles. The zero-order valence-corrected chi connectivity index (χ0v) is 9.60. The van der Waals surface area contributed by atoms with Crippen LogP contribution in [-0.2, 0) is 4.79 Å². The van der Waals surface area contributed by atoms with Gasteiger partial charge in [-0.05, 0) is 13.0 Å². The molecule has 0 aliphatic carbocycles. The van der Waals surface area contributed by atoms with E-state index < -0.39 is 16.9 Å². The number of carbonyl (C=O) groups excluding carboxylic acids is 1. The third-order valence-corrected chi connectivity index (χ3v) is 2.24. The summed E-state index contributed by atoms with van der Waals surface area (Å²) in [4.78, 5) is 21.0. The van der Waals surface area contributed by atoms with Crippen molar-refractivity contribution in [3.05, 3.63) is 33.3 Å². The summed E-state index contributed by atoms with van der Waals surface area (Å²) in [6.07, 6.45) is -0.848. The molecule has 0 bridgehead atoms. The van der Waals surface area contributed by atoms with Crippen LogP contribution in [0.4, 0.5) is 5.69 Å². The van der Waals surface area contributed by atoms with E-state index in [0.29, 0.717) is 0 Å². The first-order chi connectivity index (χ1) is 7.95. The minimum Gasteiger partial charge on any atom is -0.479 e. The Morgan fingerprint density at radius 1 is 1.65 bits per heavy atom. The third-order valence-electron chi connectivity index (χ3n) is 1.94. The van der Waals surface area contributed by atoms with Crippen LogP contribution in [0.25, 0.3) is 0 Å². The van der Waals surface area contributed by atoms with Crippen molar-refractivity contribution in [1.29, 1.82) is 0 Å². The summed E-state index contributed by atoms with van der Waals surface area (Å²) in [6.45, 7) is 1.47. The molecule has 0 heterocycles. The monoisotopic (exact) mass is 259 g/mol. The molecular formula is C9H10ClN3O4. The number of nitro groups is 1. The van der Waals surface area contributed by atoms with Gasteiger partial charge in [0, 0.05) is 12.1 Å². The maximum atomic E-state index is 11.1. The molecule has 92 valence electrons. The average Bonchev–Trinajstić information content (AvgIpc) is 2.30. The number of nitrogens with one attached hydrogen (secondary N) is 1. The molecule has 1 unspecified atom stereocenters. The number of hydrazine groups is 1. The highest BCUT2D eigenvalue weighted by Gasteiger charge is 2.16. The lowest BCUT2D eigenvalue weighted by atomic mass is 10.3. The highest BCUT2D eigenvalue weighted by molar-refractivity contribution is 6.32. The van der Waals surface area contributed by atoms with E-state index in [2.05, 4.69) is 0 Å². The van der Waals surface area contributed by atoms with Crippen LogP contribution in [0.15, 0.2) is 18.2 Å². The topological polar surface area (TPSA) is 107 Å². The number of carbonyl (C=O) groups is 1. The van der Waals surface area contributed by atoms with Crippen molar-refractivity contribution in [3.8, 4) is 5.75 Å². The number of amides is 1. The Kier molecular flexibility index (Phi) is 4.24. The molecule has 0 aliphatic heterocycles. The summed E-state index contributed by atoms with van der Waals surface area (Å²) in [6, 6.07) is 3.69. The fourth-order valence-electron chi connectivity index (χ4n) is 1.06. The lowest BCUT2D eigenvalue weighted by molar-refractivity contribution is -0.384. The number of ether oxygens (including phenoxy) is 1. The van der Waals surface area contributed by atoms with Crippen molar-refractivity contribution in [1.82, 2.24) is 5.43 Å². The normalized spacial score (nSPS) is 11.7. The molecule has 17 heavy (non-hydrogen) atoms. The fraction of sp³-hybridized carbons (Fsp3) is 0.222. The van der Waals surface area contributed by atoms with E-state index >= 15 is 0 Å². The van der Waals surface area contributed by atoms with Crippen LogP contribution in [0.3, 0.4) is 0 Å². The molecule has 8 heteroatoms. The lowest BCUT2D eigenvalue weighted by Crippen LogP contribution is -2.40. The molecule has 0 saturated carbocycles. The molecule has 0 fully saturated rings. The quantitative estimate of drug-likeness (QED) is 0.363. The predicted octanol–water partition coefficient (Wildman–Crippen LogP) is 1.01. The van der Waals surface area contributed by atoms with Gasteiger partial charge in [0.05, 0.1) is 9.95 Å². The first-order valence-corrected chi connectivity index (χ1v) is 4.94. The molecule has 1 aromatic rings. The van der Waals surface area contributed by atoms with E-state index in [0.717, 1.165) is 6.07 Å². The van der Waals surface area contributed by atoms with Gasteiger partial charge in [0.15, 0.2) is 6.10 Å². The molecule has 1 amide bonds. The maximum Gasteiger partial charge on any atom is 0.274 e. The molecule has 3 N–H and O–H groups in total. The molecule has 0 aliphatic rings. The van der Waals surface area contributed by atoms with Crippen molar-refractivity contribution in [2.45, 2.75) is 13.0 Å². The van der Waals surface area contributed by atoms with Crippen LogP contribution in [0, 0.1) is 10.1 Å². The van der Waals surface area contributed by atoms with E-state index in [1.165, 1.54) is 19.1 Å². The SMILES string of the molecule is CC(Oc1ccc([N+](=O)[O-])cc1Cl)C(=O)NN. The van der Waals surface area contributed by atoms with Gasteiger partial charge in [-0.3, -0.25) is 20.3 Å². The summed E-state index contributed by atoms with van der Waals surface area (Å²) in [5.41, 5.74) is 1.76. The van der Waals surface area contributed by atoms with Crippen LogP contribution >= 0.6 is 11.6 Å². The Morgan fingerprint density at radius 2 is 2.29 bits per heavy atom. The van der Waals surface area contributed by atoms with E-state index in [-0.39, 0.29) is 16.5 Å². The number of halogens is 1. The van der Waals surface area contributed by atoms with Gasteiger partial charge >= 0.3 is 0 Å². The van der Waals surface area contributed by atoms with Crippen LogP contribution in [0.1, 0.15) is 6.92 Å². The van der Waals surface area contributed by atoms with Gasteiger partial charge < -0.3 is 4.74 Å². The summed E-state index contributed by atoms with van der Waals surface area (Å²) < 4.78 is 5.19. The van der Waals surface area contributed by atoms with Crippen LogP contribution < -0.4 is 16.0 Å². The smallest absolute Gasteiger partial charge is 0.274 e. The zero-order chi connectivity index (χ0) is 13.0. The predicted molar refractivity (Wildman–Crippen MR) is 60.5 cm³/mol. The Hall–Kier alpha value is -1.86. The number of hydrogen-bond donors (Lipinski definition) is 2. The number of nitrogens with two attached hydrogens (primary N) is 1. The first-order valence-electron chi connectivity index (χ1n) is 4.56. The molecule has 1 aromatic carbocycles. The minimum absolute atomic E-state index is 0.0517. The number of rotatable bonds is 4. The van der Waals surface area contributed by atoms with Crippen molar-refractivity contribution in [2.24, 2.45) is 5.84 Å². The van der Waals surface area contributed by atoms with Gasteiger partial charge in [-0.15, -0.1) is 0 Å². The number of hydrogen-bond acceptors (Lipinski definition) is 5. The highest BCUT2D eigenvalue weighted by atomic mass is 35.5. The fourth-order valence-corrected chi connectivity index (χ4v) is 1.28. The third kappa shape index (κ3) is 3.30. The Labute approximate surface area is 102 Å². The highest BCUT2D eigenvalue weighted by Crippen LogP contribution is 2.29. The number of nitrogens with zero attached hydrogens (tertiary/aromatic N) is 1. The summed E-state index contributed by atoms with van der Waals surface area (Å²) in [7, 11) is 0. The van der Waals surface area contributed by atoms with Gasteiger partial charge in [0.1, 0.15) is 5.75 Å². The molecule has 1 rings (SSSR count). The second kappa shape index (κ2) is 5.46. The molecule has 7 nitrogen and oxygen atoms in total. The minimum atomic E-state index is -0.848. The van der Waals surface area contributed by atoms with Gasteiger partial charge in [-0.2, -0.15) is 0 Å². The Bertz CT molecular complexity index is 452. The molecule has 1 atom stereocenters. The summed E-state index contributed by atoms with van der Waals surface area (Å²) in [5, 5.41) is 10.5. The first kappa shape index (κ1) is 13.2. The largest absolute Gasteiger partial charge is 0.479 e. The van der Waals surface area contributed by atoms with E-state index in [1.807, 2.05) is 5.43 Å². The van der Waals surface area contributed by atoms with Crippen LogP contribution in [-0.4, -0.2) is 16.9 Å². The molecular weight excluding hydrogens is 250 g/mol. The van der Waals surface area contributed by atoms with Gasteiger partial charge in [0.2, 0.25) is 0 Å². The Morgan fingerprint density at radius 3 is 2.76 bits per heavy atom. The van der Waals surface area contributed by atoms with Gasteiger partial charge in [-0.25, -0.2) is 5.84 Å². The van der Waals surface area contributed by atoms with Crippen LogP contribution in [0.2, 0.25) is 5.02 Å². The average molecular weight is 260 g/mol. The van der Waals surface area contributed by atoms with Gasteiger partial charge in [0.25, 0.3) is 11.6 Å². The zero-order valence-electron chi connectivity index (χ0n) is 8.84. The van der Waals surface area contributed by atoms with Crippen molar-refractivity contribution >= 4 is 23.2 Å². The number of non-ortho nitro benzene ring substituents is 1. The molecule has 0 radical (unpaired) electrons. The van der Waals surface area contributed by atoms with Crippen molar-refractivity contribution < 1.29 is 14.5 Å². The number of nitro benzene ring substituents is 1. The standard InChI is InChI=1S/C9H10ClN3O4/c1-5(9(14)12-11)17-8-3-2-6(13(15)16)4-7(8)10/h2-5H,11H2,1H3,(H,12,14). The summed E-state index contributed by atoms with van der Waals surface area (Å²) >= 11 is 5.77. The maximum absolute atomic E-state index is 11.1. The van der Waals surface area contributed by atoms with Crippen LogP contribution in [0.5, 0.6) is 5.75 Å². The molecule has 0 spiro atoms. The van der Waals surface area contributed by atoms with Gasteiger partial charge in [-0.1, -0.05) is 11.6 Å². The number of benzene rings is 1. The van der Waals surface area contributed by atoms with Crippen molar-refractivity contribution in [3.63, 3.8) is 0 Å². The summed E-state index contributed by atoms with van der Waals surface area (Å²) in [5.74, 6) is 4.57. The second-order valence-electron chi connectivity index (χ2n) is 3.14. The van der Waals surface area contributed by atoms with Crippen molar-refractivity contribution in [2.75, 3.05) is 0 Å². The Balaban J connectivity index is 2.86. The second-order valence-corrected chi connectivity index (χ2v) is 3.55. The molecule has 0 saturated heterocycles. The van der Waals surface area contributed by atoms with E-state index in [4.69, 9.17) is 22.2 Å². The van der Waals surface area contributed by atoms with E-state index in [9.17, 15) is 14.9 Å².